The van der Waals surface area contributed by atoms with Crippen LogP contribution < -0.4 is 16.4 Å². The predicted molar refractivity (Wildman–Crippen MR) is 105 cm³/mol. The predicted octanol–water partition coefficient (Wildman–Crippen LogP) is 2.20. The molecule has 27 heavy (non-hydrogen) atoms. The van der Waals surface area contributed by atoms with E-state index in [4.69, 9.17) is 11.5 Å². The Labute approximate surface area is 157 Å². The summed E-state index contributed by atoms with van der Waals surface area (Å²) < 4.78 is 33.8. The molecule has 0 atom stereocenters. The lowest BCUT2D eigenvalue weighted by atomic mass is 9.87. The molecule has 5 N–H and O–H groups in total. The maximum Gasteiger partial charge on any atom is 0.295 e. The van der Waals surface area contributed by atoms with E-state index in [1.165, 1.54) is 6.07 Å². The molecule has 1 spiro atoms. The Kier molecular flexibility index (Phi) is 4.08. The van der Waals surface area contributed by atoms with E-state index < -0.39 is 15.8 Å². The molecular formula is C18H21N5O3S. The summed E-state index contributed by atoms with van der Waals surface area (Å²) in [6.45, 7) is 0. The molecule has 0 aromatic heterocycles. The summed E-state index contributed by atoms with van der Waals surface area (Å²) in [5.41, 5.74) is 12.0. The molecule has 0 saturated heterocycles. The Balaban J connectivity index is 2.02. The van der Waals surface area contributed by atoms with Gasteiger partial charge in [0.05, 0.1) is 5.69 Å². The van der Waals surface area contributed by atoms with Crippen LogP contribution in [-0.4, -0.2) is 30.6 Å². The van der Waals surface area contributed by atoms with Gasteiger partial charge < -0.3 is 11.5 Å². The maximum absolute atomic E-state index is 12.0. The van der Waals surface area contributed by atoms with Crippen molar-refractivity contribution in [3.63, 3.8) is 0 Å². The number of nitrogens with two attached hydrogens (primary N) is 2. The number of guanidine groups is 2. The van der Waals surface area contributed by atoms with Crippen LogP contribution in [0.1, 0.15) is 32.1 Å². The average molecular weight is 387 g/mol. The number of fused-ring (bicyclic) bond motifs is 1. The minimum Gasteiger partial charge on any atom is -0.369 e. The first-order valence-corrected chi connectivity index (χ1v) is 10.2. The van der Waals surface area contributed by atoms with Gasteiger partial charge in [-0.1, -0.05) is 30.7 Å². The Morgan fingerprint density at radius 3 is 2.37 bits per heavy atom. The van der Waals surface area contributed by atoms with Crippen LogP contribution in [0.4, 0.5) is 5.69 Å². The monoisotopic (exact) mass is 387 g/mol. The van der Waals surface area contributed by atoms with E-state index >= 15 is 0 Å². The van der Waals surface area contributed by atoms with Gasteiger partial charge in [0.1, 0.15) is 10.6 Å². The van der Waals surface area contributed by atoms with Crippen LogP contribution in [0.3, 0.4) is 0 Å². The highest BCUT2D eigenvalue weighted by atomic mass is 32.2. The minimum absolute atomic E-state index is 0.126. The fourth-order valence-corrected chi connectivity index (χ4v) is 4.89. The Morgan fingerprint density at radius 2 is 1.70 bits per heavy atom. The lowest BCUT2D eigenvalue weighted by molar-refractivity contribution is 0.306. The molecule has 1 aliphatic heterocycles. The van der Waals surface area contributed by atoms with Crippen LogP contribution in [0, 0.1) is 0 Å². The molecule has 1 aliphatic carbocycles. The number of benzene rings is 2. The number of aliphatic imine (C=N–C) groups is 2. The van der Waals surface area contributed by atoms with Crippen LogP contribution in [0.2, 0.25) is 0 Å². The highest BCUT2D eigenvalue weighted by Crippen LogP contribution is 2.43. The smallest absolute Gasteiger partial charge is 0.295 e. The molecule has 0 unspecified atom stereocenters. The molecule has 0 bridgehead atoms. The zero-order chi connectivity index (χ0) is 19.2. The van der Waals surface area contributed by atoms with Gasteiger partial charge in [-0.05, 0) is 43.2 Å². The number of rotatable bonds is 2. The van der Waals surface area contributed by atoms with Gasteiger partial charge in [0.2, 0.25) is 11.9 Å². The highest BCUT2D eigenvalue weighted by Gasteiger charge is 2.43. The minimum atomic E-state index is -4.43. The second-order valence-electron chi connectivity index (χ2n) is 6.92. The van der Waals surface area contributed by atoms with Crippen LogP contribution in [-0.2, 0) is 10.1 Å². The van der Waals surface area contributed by atoms with Crippen LogP contribution in [0.25, 0.3) is 10.8 Å². The van der Waals surface area contributed by atoms with Gasteiger partial charge in [0.15, 0.2) is 0 Å². The standard InChI is InChI=1S/C18H21N5O3S/c19-16-21-17(20)23(18(22-16)10-2-1-3-11-18)13-8-4-6-12-7-5-9-14(15(12)13)27(24,25)26/h4-9H,1-3,10-11H2,(H,24,25,26)(H4,19,20,21,22). The number of anilines is 1. The van der Waals surface area contributed by atoms with Crippen LogP contribution in [0.15, 0.2) is 51.3 Å². The molecular weight excluding hydrogens is 366 g/mol. The van der Waals surface area contributed by atoms with Crippen molar-refractivity contribution in [3.8, 4) is 0 Å². The van der Waals surface area contributed by atoms with Crippen molar-refractivity contribution in [2.24, 2.45) is 21.5 Å². The van der Waals surface area contributed by atoms with Crippen molar-refractivity contribution < 1.29 is 13.0 Å². The maximum atomic E-state index is 12.0. The Morgan fingerprint density at radius 1 is 1.04 bits per heavy atom. The number of nitrogens with zero attached hydrogens (tertiary/aromatic N) is 3. The first-order chi connectivity index (χ1) is 12.8. The molecule has 0 radical (unpaired) electrons. The quantitative estimate of drug-likeness (QED) is 0.676. The summed E-state index contributed by atoms with van der Waals surface area (Å²) in [5, 5.41) is 1.06. The molecule has 4 rings (SSSR count). The molecule has 9 heteroatoms. The van der Waals surface area contributed by atoms with Crippen molar-refractivity contribution in [1.82, 2.24) is 0 Å². The zero-order valence-electron chi connectivity index (χ0n) is 14.7. The molecule has 1 saturated carbocycles. The third kappa shape index (κ3) is 2.92. The van der Waals surface area contributed by atoms with Gasteiger partial charge in [-0.3, -0.25) is 9.45 Å². The van der Waals surface area contributed by atoms with Gasteiger partial charge in [0.25, 0.3) is 10.1 Å². The van der Waals surface area contributed by atoms with E-state index in [0.717, 1.165) is 32.1 Å². The van der Waals surface area contributed by atoms with E-state index in [9.17, 15) is 13.0 Å². The third-order valence-electron chi connectivity index (χ3n) is 5.21. The fourth-order valence-electron chi connectivity index (χ4n) is 4.16. The summed E-state index contributed by atoms with van der Waals surface area (Å²) >= 11 is 0. The van der Waals surface area contributed by atoms with Crippen molar-refractivity contribution in [1.29, 1.82) is 0 Å². The average Bonchev–Trinajstić information content (AvgIpc) is 2.60. The van der Waals surface area contributed by atoms with E-state index in [2.05, 4.69) is 9.98 Å². The summed E-state index contributed by atoms with van der Waals surface area (Å²) in [6, 6.07) is 10.1. The fraction of sp³-hybridized carbons (Fsp3) is 0.333. The van der Waals surface area contributed by atoms with E-state index in [-0.39, 0.29) is 16.8 Å². The molecule has 0 amide bonds. The third-order valence-corrected chi connectivity index (χ3v) is 6.11. The van der Waals surface area contributed by atoms with E-state index in [0.29, 0.717) is 16.5 Å². The lowest BCUT2D eigenvalue weighted by Crippen LogP contribution is -2.58. The normalized spacial score (nSPS) is 19.8. The second kappa shape index (κ2) is 6.21. The van der Waals surface area contributed by atoms with Gasteiger partial charge in [-0.2, -0.15) is 13.4 Å². The lowest BCUT2D eigenvalue weighted by Gasteiger charge is -2.46. The SMILES string of the molecule is NC1=NC2(CCCCC2)N(c2cccc3cccc(S(=O)(=O)O)c23)C(N)=N1. The van der Waals surface area contributed by atoms with E-state index in [1.54, 1.807) is 29.2 Å². The molecule has 2 aromatic carbocycles. The van der Waals surface area contributed by atoms with Crippen molar-refractivity contribution >= 4 is 38.5 Å². The van der Waals surface area contributed by atoms with Crippen molar-refractivity contribution in [3.05, 3.63) is 36.4 Å². The molecule has 2 aliphatic rings. The molecule has 8 nitrogen and oxygen atoms in total. The second-order valence-corrected chi connectivity index (χ2v) is 8.31. The summed E-state index contributed by atoms with van der Waals surface area (Å²) in [6.07, 6.45) is 4.46. The molecule has 2 aromatic rings. The Bertz CT molecular complexity index is 1070. The van der Waals surface area contributed by atoms with Crippen LogP contribution >= 0.6 is 0 Å². The molecule has 1 fully saturated rings. The summed E-state index contributed by atoms with van der Waals surface area (Å²) in [7, 11) is -4.43. The summed E-state index contributed by atoms with van der Waals surface area (Å²) in [5.74, 6) is 0.294. The topological polar surface area (TPSA) is 134 Å². The zero-order valence-corrected chi connectivity index (χ0v) is 15.5. The van der Waals surface area contributed by atoms with Gasteiger partial charge in [-0.15, -0.1) is 0 Å². The first kappa shape index (κ1) is 17.7. The Hall–Kier alpha value is -2.65. The number of hydrogen-bond acceptors (Lipinski definition) is 7. The largest absolute Gasteiger partial charge is 0.369 e. The molecule has 1 heterocycles. The molecule has 142 valence electrons. The van der Waals surface area contributed by atoms with Crippen molar-refractivity contribution in [2.45, 2.75) is 42.7 Å². The van der Waals surface area contributed by atoms with Gasteiger partial charge in [0, 0.05) is 5.39 Å². The first-order valence-electron chi connectivity index (χ1n) is 8.81. The van der Waals surface area contributed by atoms with E-state index in [1.807, 2.05) is 6.07 Å². The number of hydrogen-bond donors (Lipinski definition) is 3. The van der Waals surface area contributed by atoms with Crippen molar-refractivity contribution in [2.75, 3.05) is 4.90 Å². The van der Waals surface area contributed by atoms with Gasteiger partial charge in [-0.25, -0.2) is 4.99 Å². The van der Waals surface area contributed by atoms with Crippen LogP contribution in [0.5, 0.6) is 0 Å². The highest BCUT2D eigenvalue weighted by molar-refractivity contribution is 7.86. The van der Waals surface area contributed by atoms with Gasteiger partial charge >= 0.3 is 0 Å². The summed E-state index contributed by atoms with van der Waals surface area (Å²) in [4.78, 5) is 10.4.